The maximum absolute atomic E-state index is 10.5. The molecule has 1 nitrogen and oxygen atoms in total. The van der Waals surface area contributed by atoms with Crippen molar-refractivity contribution in [1.82, 2.24) is 0 Å². The fourth-order valence-corrected chi connectivity index (χ4v) is 14.8. The second kappa shape index (κ2) is 10.7. The van der Waals surface area contributed by atoms with E-state index in [9.17, 15) is 5.11 Å². The molecular formula is C8H2Br16O. The molecule has 0 unspecified atom stereocenters. The third kappa shape index (κ3) is 6.08. The summed E-state index contributed by atoms with van der Waals surface area (Å²) in [6.07, 6.45) is 0. The molecular weight excluding hydrogens is 1390 g/mol. The lowest BCUT2D eigenvalue weighted by Gasteiger charge is -2.56. The predicted molar refractivity (Wildman–Crippen MR) is 168 cm³/mol. The average Bonchev–Trinajstić information content (AvgIpc) is 2.35. The molecule has 25 heavy (non-hydrogen) atoms. The summed E-state index contributed by atoms with van der Waals surface area (Å²) >= 11 is 57.4. The molecule has 0 aliphatic heterocycles. The topological polar surface area (TPSA) is 20.2 Å². The van der Waals surface area contributed by atoms with Crippen LogP contribution in [0.1, 0.15) is 0 Å². The number of alkyl halides is 16. The van der Waals surface area contributed by atoms with Crippen molar-refractivity contribution in [2.24, 2.45) is 0 Å². The highest BCUT2D eigenvalue weighted by Gasteiger charge is 2.76. The Morgan fingerprint density at radius 1 is 0.440 bits per heavy atom. The Balaban J connectivity index is 6.50. The molecule has 1 N–H and O–H groups in total. The molecule has 0 amide bonds. The lowest BCUT2D eigenvalue weighted by molar-refractivity contribution is 0.228. The average molecular weight is 1390 g/mol. The number of rotatable bonds is 7. The molecule has 0 rings (SSSR count). The van der Waals surface area contributed by atoms with Crippen molar-refractivity contribution < 1.29 is 5.11 Å². The Morgan fingerprint density at radius 2 is 0.680 bits per heavy atom. The van der Waals surface area contributed by atoms with E-state index in [-0.39, 0.29) is 3.74 Å². The number of hydrogen-bond donors (Lipinski definition) is 1. The standard InChI is InChI=1S/C8H2Br16O/c9-1(10)2(11,12)3(13,14)4(15,16)5(17,18)6(19,20)7(21,22)8(23,24)25/h1,25H. The van der Waals surface area contributed by atoms with Crippen LogP contribution in [0.15, 0.2) is 0 Å². The normalized spacial score (nSPS) is 16.6. The molecule has 0 heterocycles. The highest BCUT2D eigenvalue weighted by Crippen LogP contribution is 2.76. The number of halogens is 16. The summed E-state index contributed by atoms with van der Waals surface area (Å²) in [6.45, 7) is 0. The van der Waals surface area contributed by atoms with Gasteiger partial charge in [-0.2, -0.15) is 0 Å². The third-order valence-corrected chi connectivity index (χ3v) is 34.5. The van der Waals surface area contributed by atoms with E-state index in [1.54, 1.807) is 0 Å². The summed E-state index contributed by atoms with van der Waals surface area (Å²) in [6, 6.07) is 0. The Hall–Kier alpha value is 7.64. The van der Waals surface area contributed by atoms with Crippen LogP contribution in [-0.4, -0.2) is 31.7 Å². The lowest BCUT2D eigenvalue weighted by Crippen LogP contribution is -2.67. The third-order valence-electron chi connectivity index (χ3n) is 2.65. The summed E-state index contributed by atoms with van der Waals surface area (Å²) < 4.78 is -7.80. The van der Waals surface area contributed by atoms with Crippen molar-refractivity contribution in [2.75, 3.05) is 0 Å². The minimum absolute atomic E-state index is 0.210. The van der Waals surface area contributed by atoms with Gasteiger partial charge in [-0.05, 0) is 31.9 Å². The van der Waals surface area contributed by atoms with Crippen molar-refractivity contribution in [3.8, 4) is 0 Å². The fourth-order valence-electron chi connectivity index (χ4n) is 1.13. The van der Waals surface area contributed by atoms with Crippen molar-refractivity contribution in [3.63, 3.8) is 0 Å². The Morgan fingerprint density at radius 3 is 0.920 bits per heavy atom. The molecule has 0 radical (unpaired) electrons. The van der Waals surface area contributed by atoms with Gasteiger partial charge in [0, 0.05) is 0 Å². The van der Waals surface area contributed by atoms with Gasteiger partial charge in [0.2, 0.25) is 3.42 Å². The van der Waals surface area contributed by atoms with Crippen LogP contribution in [-0.2, 0) is 0 Å². The summed E-state index contributed by atoms with van der Waals surface area (Å²) in [5.41, 5.74) is 0. The van der Waals surface area contributed by atoms with Crippen LogP contribution in [0.5, 0.6) is 0 Å². The van der Waals surface area contributed by atoms with Crippen LogP contribution < -0.4 is 0 Å². The molecule has 0 saturated heterocycles. The second-order valence-corrected chi connectivity index (χ2v) is 31.5. The first-order chi connectivity index (χ1) is 10.4. The first-order valence-corrected chi connectivity index (χ1v) is 18.0. The van der Waals surface area contributed by atoms with E-state index in [1.807, 2.05) is 0 Å². The van der Waals surface area contributed by atoms with Crippen molar-refractivity contribution in [3.05, 3.63) is 0 Å². The molecule has 0 aliphatic rings. The van der Waals surface area contributed by atoms with Crippen LogP contribution in [0.3, 0.4) is 0 Å². The maximum Gasteiger partial charge on any atom is 0.202 e. The van der Waals surface area contributed by atoms with Gasteiger partial charge in [-0.3, -0.25) is 0 Å². The molecule has 17 heteroatoms. The summed E-state index contributed by atoms with van der Waals surface area (Å²) in [4.78, 5) is 0. The predicted octanol–water partition coefficient (Wildman–Crippen LogP) is 11.5. The van der Waals surface area contributed by atoms with Crippen LogP contribution in [0.25, 0.3) is 0 Å². The van der Waals surface area contributed by atoms with Gasteiger partial charge in [0.05, 0.1) is 3.74 Å². The van der Waals surface area contributed by atoms with Crippen molar-refractivity contribution in [2.45, 2.75) is 26.6 Å². The van der Waals surface area contributed by atoms with E-state index in [1.165, 1.54) is 0 Å². The molecule has 0 fully saturated rings. The fraction of sp³-hybridized carbons (Fsp3) is 1.00. The number of hydrogen-bond acceptors (Lipinski definition) is 1. The van der Waals surface area contributed by atoms with Crippen molar-refractivity contribution in [1.29, 1.82) is 0 Å². The SMILES string of the molecule is OC(Br)(Br)C(Br)(Br)C(Br)(Br)C(Br)(Br)C(Br)(Br)C(Br)(Br)C(Br)(Br)C(Br)Br. The first-order valence-electron chi connectivity index (χ1n) is 5.09. The van der Waals surface area contributed by atoms with E-state index in [4.69, 9.17) is 0 Å². The molecule has 0 saturated carbocycles. The lowest BCUT2D eigenvalue weighted by atomic mass is 10.1. The van der Waals surface area contributed by atoms with Gasteiger partial charge in [0.1, 0.15) is 16.2 Å². The van der Waals surface area contributed by atoms with Crippen LogP contribution >= 0.6 is 255 Å². The smallest absolute Gasteiger partial charge is 0.202 e. The monoisotopic (exact) mass is 1380 g/mol. The van der Waals surface area contributed by atoms with E-state index in [0.717, 1.165) is 0 Å². The Kier molecular flexibility index (Phi) is 14.0. The Labute approximate surface area is 280 Å². The quantitative estimate of drug-likeness (QED) is 0.252. The zero-order valence-electron chi connectivity index (χ0n) is 10.6. The summed E-state index contributed by atoms with van der Waals surface area (Å²) in [7, 11) is 0. The molecule has 152 valence electrons. The Bertz CT molecular complexity index is 487. The number of aliphatic hydroxyl groups is 1. The van der Waals surface area contributed by atoms with Gasteiger partial charge < -0.3 is 5.11 Å². The zero-order valence-corrected chi connectivity index (χ0v) is 35.9. The first kappa shape index (κ1) is 32.6. The van der Waals surface area contributed by atoms with E-state index < -0.39 is 22.8 Å². The molecule has 0 aliphatic carbocycles. The highest BCUT2D eigenvalue weighted by molar-refractivity contribution is 9.37. The van der Waals surface area contributed by atoms with Gasteiger partial charge in [-0.15, -0.1) is 0 Å². The van der Waals surface area contributed by atoms with Crippen molar-refractivity contribution >= 4 is 255 Å². The van der Waals surface area contributed by atoms with Gasteiger partial charge in [-0.1, -0.05) is 223 Å². The van der Waals surface area contributed by atoms with Gasteiger partial charge in [-0.25, -0.2) is 0 Å². The van der Waals surface area contributed by atoms with E-state index in [2.05, 4.69) is 255 Å². The van der Waals surface area contributed by atoms with Crippen LogP contribution in [0.4, 0.5) is 0 Å². The molecule has 0 aromatic carbocycles. The molecule has 0 atom stereocenters. The van der Waals surface area contributed by atoms with E-state index in [0.29, 0.717) is 0 Å². The molecule has 0 aromatic heterocycles. The van der Waals surface area contributed by atoms with Gasteiger partial charge in [0.25, 0.3) is 0 Å². The van der Waals surface area contributed by atoms with E-state index >= 15 is 0 Å². The summed E-state index contributed by atoms with van der Waals surface area (Å²) in [5.74, 6) is 0. The summed E-state index contributed by atoms with van der Waals surface area (Å²) in [5, 5.41) is 10.5. The van der Waals surface area contributed by atoms with Gasteiger partial charge >= 0.3 is 0 Å². The minimum Gasteiger partial charge on any atom is -0.368 e. The van der Waals surface area contributed by atoms with Gasteiger partial charge in [0.15, 0.2) is 3.23 Å². The largest absolute Gasteiger partial charge is 0.368 e. The maximum atomic E-state index is 10.5. The van der Waals surface area contributed by atoms with Crippen LogP contribution in [0.2, 0.25) is 0 Å². The minimum atomic E-state index is -1.56. The molecule has 0 bridgehead atoms. The highest BCUT2D eigenvalue weighted by atomic mass is 79.9. The zero-order chi connectivity index (χ0) is 21.1. The molecule has 0 aromatic rings. The second-order valence-electron chi connectivity index (χ2n) is 4.34. The van der Waals surface area contributed by atoms with Crippen LogP contribution in [0, 0.1) is 0 Å². The molecule has 0 spiro atoms.